The second kappa shape index (κ2) is 7.94. The van der Waals surface area contributed by atoms with Gasteiger partial charge >= 0.3 is 0 Å². The van der Waals surface area contributed by atoms with Crippen LogP contribution in [0, 0.1) is 5.92 Å². The Morgan fingerprint density at radius 2 is 1.95 bits per heavy atom. The van der Waals surface area contributed by atoms with E-state index in [-0.39, 0.29) is 17.6 Å². The summed E-state index contributed by atoms with van der Waals surface area (Å²) in [4.78, 5) is 16.5. The monoisotopic (exact) mass is 318 g/mol. The number of phenolic OH excluding ortho intramolecular Hbond substituents is 1. The fourth-order valence-electron chi connectivity index (χ4n) is 2.29. The maximum absolute atomic E-state index is 11.9. The molecule has 0 saturated heterocycles. The highest BCUT2D eigenvalue weighted by molar-refractivity contribution is 7.09. The molecule has 0 saturated carbocycles. The van der Waals surface area contributed by atoms with E-state index >= 15 is 0 Å². The molecule has 2 aromatic rings. The molecule has 0 aliphatic carbocycles. The number of nitrogens with one attached hydrogen (secondary N) is 1. The molecule has 0 unspecified atom stereocenters. The Kier molecular flexibility index (Phi) is 5.95. The highest BCUT2D eigenvalue weighted by Crippen LogP contribution is 2.23. The molecule has 1 heterocycles. The third kappa shape index (κ3) is 4.31. The van der Waals surface area contributed by atoms with Crippen LogP contribution in [0.3, 0.4) is 0 Å². The number of amides is 1. The summed E-state index contributed by atoms with van der Waals surface area (Å²) in [5.74, 6) is 0.507. The summed E-state index contributed by atoms with van der Waals surface area (Å²) in [7, 11) is 0. The van der Waals surface area contributed by atoms with E-state index in [2.05, 4.69) is 10.3 Å². The van der Waals surface area contributed by atoms with Crippen LogP contribution in [0.25, 0.3) is 11.3 Å². The van der Waals surface area contributed by atoms with Gasteiger partial charge in [-0.2, -0.15) is 0 Å². The van der Waals surface area contributed by atoms with Gasteiger partial charge in [0.25, 0.3) is 0 Å². The molecule has 4 nitrogen and oxygen atoms in total. The van der Waals surface area contributed by atoms with Crippen LogP contribution < -0.4 is 5.32 Å². The molecule has 0 aliphatic heterocycles. The van der Waals surface area contributed by atoms with Gasteiger partial charge in [0, 0.05) is 29.8 Å². The van der Waals surface area contributed by atoms with Crippen molar-refractivity contribution in [2.75, 3.05) is 6.54 Å². The third-order valence-electron chi connectivity index (χ3n) is 3.71. The molecular formula is C17H22N2O2S. The summed E-state index contributed by atoms with van der Waals surface area (Å²) in [5.41, 5.74) is 1.90. The Labute approximate surface area is 135 Å². The molecule has 118 valence electrons. The fraction of sp³-hybridized carbons (Fsp3) is 0.412. The van der Waals surface area contributed by atoms with Gasteiger partial charge in [-0.25, -0.2) is 4.98 Å². The summed E-state index contributed by atoms with van der Waals surface area (Å²) < 4.78 is 0. The zero-order valence-electron chi connectivity index (χ0n) is 13.0. The molecule has 22 heavy (non-hydrogen) atoms. The molecule has 2 rings (SSSR count). The van der Waals surface area contributed by atoms with Crippen molar-refractivity contribution >= 4 is 17.2 Å². The Balaban J connectivity index is 1.87. The highest BCUT2D eigenvalue weighted by atomic mass is 32.1. The normalized spacial score (nSPS) is 10.9. The van der Waals surface area contributed by atoms with Crippen molar-refractivity contribution in [1.29, 1.82) is 0 Å². The van der Waals surface area contributed by atoms with Crippen LogP contribution in [0.4, 0.5) is 0 Å². The van der Waals surface area contributed by atoms with Gasteiger partial charge in [0.1, 0.15) is 5.75 Å². The number of phenols is 1. The minimum absolute atomic E-state index is 0.115. The number of benzene rings is 1. The quantitative estimate of drug-likeness (QED) is 0.820. The van der Waals surface area contributed by atoms with E-state index in [4.69, 9.17) is 0 Å². The van der Waals surface area contributed by atoms with Gasteiger partial charge < -0.3 is 10.4 Å². The number of aromatic hydroxyl groups is 1. The molecule has 0 atom stereocenters. The van der Waals surface area contributed by atoms with Gasteiger partial charge in [-0.3, -0.25) is 4.79 Å². The standard InChI is InChI=1S/C17H22N2O2S/c1-3-12(4-2)17(21)18-10-9-16-19-15(11-22-16)13-5-7-14(20)8-6-13/h5-8,11-12,20H,3-4,9-10H2,1-2H3,(H,18,21). The Hall–Kier alpha value is -1.88. The highest BCUT2D eigenvalue weighted by Gasteiger charge is 2.13. The minimum atomic E-state index is 0.115. The molecule has 0 bridgehead atoms. The molecule has 0 aliphatic rings. The molecule has 5 heteroatoms. The summed E-state index contributed by atoms with van der Waals surface area (Å²) in [6.07, 6.45) is 2.50. The summed E-state index contributed by atoms with van der Waals surface area (Å²) in [5, 5.41) is 15.3. The van der Waals surface area contributed by atoms with Crippen LogP contribution in [0.1, 0.15) is 31.7 Å². The van der Waals surface area contributed by atoms with E-state index in [1.54, 1.807) is 23.5 Å². The van der Waals surface area contributed by atoms with Crippen molar-refractivity contribution in [1.82, 2.24) is 10.3 Å². The lowest BCUT2D eigenvalue weighted by Crippen LogP contribution is -2.31. The number of rotatable bonds is 7. The second-order valence-corrected chi connectivity index (χ2v) is 6.17. The lowest BCUT2D eigenvalue weighted by atomic mass is 10.0. The van der Waals surface area contributed by atoms with Crippen molar-refractivity contribution in [3.05, 3.63) is 34.7 Å². The Morgan fingerprint density at radius 3 is 2.59 bits per heavy atom. The van der Waals surface area contributed by atoms with Crippen molar-refractivity contribution in [3.8, 4) is 17.0 Å². The van der Waals surface area contributed by atoms with Crippen molar-refractivity contribution in [2.45, 2.75) is 33.1 Å². The molecule has 1 aromatic carbocycles. The van der Waals surface area contributed by atoms with E-state index < -0.39 is 0 Å². The molecule has 1 aromatic heterocycles. The van der Waals surface area contributed by atoms with Crippen LogP contribution in [-0.4, -0.2) is 22.5 Å². The van der Waals surface area contributed by atoms with Crippen LogP contribution in [0.2, 0.25) is 0 Å². The Morgan fingerprint density at radius 1 is 1.27 bits per heavy atom. The number of carbonyl (C=O) groups excluding carboxylic acids is 1. The average molecular weight is 318 g/mol. The first-order valence-corrected chi connectivity index (χ1v) is 8.53. The third-order valence-corrected chi connectivity index (χ3v) is 4.62. The molecule has 0 spiro atoms. The van der Waals surface area contributed by atoms with Crippen LogP contribution in [0.5, 0.6) is 5.75 Å². The largest absolute Gasteiger partial charge is 0.508 e. The zero-order chi connectivity index (χ0) is 15.9. The minimum Gasteiger partial charge on any atom is -0.508 e. The maximum Gasteiger partial charge on any atom is 0.223 e. The number of aromatic nitrogens is 1. The van der Waals surface area contributed by atoms with Crippen LogP contribution in [-0.2, 0) is 11.2 Å². The van der Waals surface area contributed by atoms with Crippen molar-refractivity contribution in [3.63, 3.8) is 0 Å². The number of nitrogens with zero attached hydrogens (tertiary/aromatic N) is 1. The smallest absolute Gasteiger partial charge is 0.223 e. The van der Waals surface area contributed by atoms with E-state index in [1.807, 2.05) is 31.4 Å². The molecular weight excluding hydrogens is 296 g/mol. The molecule has 2 N–H and O–H groups in total. The molecule has 0 fully saturated rings. The number of thiazole rings is 1. The van der Waals surface area contributed by atoms with Crippen LogP contribution >= 0.6 is 11.3 Å². The van der Waals surface area contributed by atoms with Gasteiger partial charge in [0.05, 0.1) is 10.7 Å². The lowest BCUT2D eigenvalue weighted by Gasteiger charge is -2.11. The van der Waals surface area contributed by atoms with E-state index in [1.165, 1.54) is 0 Å². The van der Waals surface area contributed by atoms with Gasteiger partial charge in [-0.05, 0) is 37.1 Å². The SMILES string of the molecule is CCC(CC)C(=O)NCCc1nc(-c2ccc(O)cc2)cs1. The first-order chi connectivity index (χ1) is 10.6. The first kappa shape index (κ1) is 16.5. The second-order valence-electron chi connectivity index (χ2n) is 5.23. The predicted molar refractivity (Wildman–Crippen MR) is 90.0 cm³/mol. The maximum atomic E-state index is 11.9. The fourth-order valence-corrected chi connectivity index (χ4v) is 3.09. The van der Waals surface area contributed by atoms with E-state index in [9.17, 15) is 9.90 Å². The van der Waals surface area contributed by atoms with Gasteiger partial charge in [0.2, 0.25) is 5.91 Å². The number of carbonyl (C=O) groups is 1. The van der Waals surface area contributed by atoms with Gasteiger partial charge in [-0.1, -0.05) is 13.8 Å². The van der Waals surface area contributed by atoms with E-state index in [0.717, 1.165) is 35.5 Å². The van der Waals surface area contributed by atoms with Crippen molar-refractivity contribution in [2.24, 2.45) is 5.92 Å². The summed E-state index contributed by atoms with van der Waals surface area (Å²) in [6, 6.07) is 7.01. The Bertz CT molecular complexity index is 603. The number of hydrogen-bond donors (Lipinski definition) is 2. The summed E-state index contributed by atoms with van der Waals surface area (Å²) >= 11 is 1.60. The van der Waals surface area contributed by atoms with Gasteiger partial charge in [0.15, 0.2) is 0 Å². The topological polar surface area (TPSA) is 62.2 Å². The lowest BCUT2D eigenvalue weighted by molar-refractivity contribution is -0.125. The van der Waals surface area contributed by atoms with Crippen LogP contribution in [0.15, 0.2) is 29.6 Å². The van der Waals surface area contributed by atoms with E-state index in [0.29, 0.717) is 6.54 Å². The first-order valence-electron chi connectivity index (χ1n) is 7.65. The molecule has 0 radical (unpaired) electrons. The number of hydrogen-bond acceptors (Lipinski definition) is 4. The van der Waals surface area contributed by atoms with Crippen molar-refractivity contribution < 1.29 is 9.90 Å². The predicted octanol–water partition coefficient (Wildman–Crippen LogP) is 3.61. The van der Waals surface area contributed by atoms with Gasteiger partial charge in [-0.15, -0.1) is 11.3 Å². The zero-order valence-corrected chi connectivity index (χ0v) is 13.8. The molecule has 1 amide bonds. The average Bonchev–Trinajstić information content (AvgIpc) is 2.98. The summed E-state index contributed by atoms with van der Waals surface area (Å²) in [6.45, 7) is 4.70.